The molecule has 5 rings (SSSR count). The molecular formula is C22H26ClN5O6P+. The standard InChI is InChI=1S/C22H25ClN5O6P/c1-12-5-16(6-13(2)15(12)4)26-22-25-9-14(3)21(27-34-22)28(22,11-33-35(29,30)31)17-7-18(23)20-19(8-17)24-10-32-20/h5-9,24,26-27H,10-11H2,1-4H3,(H-,29,30,31)/p+1. The monoisotopic (exact) mass is 522 g/mol. The second kappa shape index (κ2) is 8.21. The molecule has 35 heavy (non-hydrogen) atoms. The highest BCUT2D eigenvalue weighted by Crippen LogP contribution is 2.52. The van der Waals surface area contributed by atoms with E-state index in [0.717, 1.165) is 16.7 Å². The highest BCUT2D eigenvalue weighted by molar-refractivity contribution is 7.46. The zero-order chi connectivity index (χ0) is 25.2. The van der Waals surface area contributed by atoms with E-state index < -0.39 is 25.0 Å². The number of benzene rings is 2. The molecule has 1 saturated heterocycles. The maximum Gasteiger partial charge on any atom is 0.474 e. The van der Waals surface area contributed by atoms with Crippen LogP contribution >= 0.6 is 19.4 Å². The second-order valence-electron chi connectivity index (χ2n) is 8.79. The number of phosphoric ester groups is 1. The third-order valence-corrected chi connectivity index (χ3v) is 7.33. The van der Waals surface area contributed by atoms with E-state index in [1.165, 1.54) is 0 Å². The molecule has 11 nitrogen and oxygen atoms in total. The lowest BCUT2D eigenvalue weighted by Crippen LogP contribution is -2.67. The third-order valence-electron chi connectivity index (χ3n) is 6.60. The molecule has 1 fully saturated rings. The fraction of sp³-hybridized carbons (Fsp3) is 0.318. The molecule has 2 aromatic carbocycles. The van der Waals surface area contributed by atoms with Gasteiger partial charge in [-0.25, -0.2) is 14.6 Å². The van der Waals surface area contributed by atoms with Crippen LogP contribution in [0.15, 0.2) is 40.7 Å². The number of quaternary nitrogens is 1. The van der Waals surface area contributed by atoms with Crippen molar-refractivity contribution in [1.82, 2.24) is 9.96 Å². The van der Waals surface area contributed by atoms with Crippen molar-refractivity contribution in [2.45, 2.75) is 33.7 Å². The van der Waals surface area contributed by atoms with E-state index >= 15 is 0 Å². The molecule has 13 heteroatoms. The van der Waals surface area contributed by atoms with Crippen LogP contribution in [0.25, 0.3) is 0 Å². The van der Waals surface area contributed by atoms with Gasteiger partial charge in [0.2, 0.25) is 12.6 Å². The van der Waals surface area contributed by atoms with Gasteiger partial charge in [-0.3, -0.25) is 5.32 Å². The fourth-order valence-electron chi connectivity index (χ4n) is 4.58. The number of rotatable bonds is 6. The molecule has 3 heterocycles. The Balaban J connectivity index is 1.73. The summed E-state index contributed by atoms with van der Waals surface area (Å²) in [5.41, 5.74) is 8.73. The number of hydrogen-bond acceptors (Lipinski definition) is 8. The van der Waals surface area contributed by atoms with Crippen LogP contribution in [0.5, 0.6) is 5.75 Å². The second-order valence-corrected chi connectivity index (χ2v) is 10.4. The molecule has 0 saturated carbocycles. The summed E-state index contributed by atoms with van der Waals surface area (Å²) in [6, 6.07) is 7.36. The number of nitrogens with one attached hydrogen (secondary N) is 3. The Hall–Kier alpha value is -2.63. The topological polar surface area (TPSA) is 134 Å². The highest BCUT2D eigenvalue weighted by atomic mass is 35.5. The molecule has 0 spiro atoms. The molecular weight excluding hydrogens is 497 g/mol. The lowest BCUT2D eigenvalue weighted by molar-refractivity contribution is -0.0972. The van der Waals surface area contributed by atoms with Gasteiger partial charge in [0.15, 0.2) is 18.2 Å². The minimum Gasteiger partial charge on any atom is -0.470 e. The van der Waals surface area contributed by atoms with E-state index in [2.05, 4.69) is 16.1 Å². The SMILES string of the molecule is CC1=C2NOC(Nc3cc(C)c(C)c(C)c3)(N=C1)[N+]2(COP(=O)(O)O)c1cc(Cl)c2c(c1)NCO2. The molecule has 0 radical (unpaired) electrons. The molecule has 0 amide bonds. The predicted octanol–water partition coefficient (Wildman–Crippen LogP) is 3.98. The number of hydroxylamine groups is 1. The number of halogens is 1. The lowest BCUT2D eigenvalue weighted by atomic mass is 10.0. The summed E-state index contributed by atoms with van der Waals surface area (Å²) >= 11 is 6.56. The fourth-order valence-corrected chi connectivity index (χ4v) is 5.18. The van der Waals surface area contributed by atoms with Crippen molar-refractivity contribution < 1.29 is 28.5 Å². The summed E-state index contributed by atoms with van der Waals surface area (Å²) in [5, 5.41) is 6.78. The van der Waals surface area contributed by atoms with Crippen LogP contribution in [-0.4, -0.2) is 35.4 Å². The zero-order valence-corrected chi connectivity index (χ0v) is 21.2. The number of fused-ring (bicyclic) bond motifs is 3. The van der Waals surface area contributed by atoms with Crippen molar-refractivity contribution in [3.63, 3.8) is 0 Å². The first-order chi connectivity index (χ1) is 16.5. The summed E-state index contributed by atoms with van der Waals surface area (Å²) in [7, 11) is -4.88. The van der Waals surface area contributed by atoms with Gasteiger partial charge in [0.25, 0.3) is 0 Å². The molecule has 2 atom stereocenters. The maximum atomic E-state index is 11.9. The van der Waals surface area contributed by atoms with Crippen LogP contribution in [0, 0.1) is 20.8 Å². The Labute approximate surface area is 207 Å². The summed E-state index contributed by atoms with van der Waals surface area (Å²) in [6.45, 7) is 7.59. The average Bonchev–Trinajstić information content (AvgIpc) is 3.33. The first kappa shape index (κ1) is 24.1. The molecule has 3 aliphatic rings. The lowest BCUT2D eigenvalue weighted by Gasteiger charge is -2.43. The van der Waals surface area contributed by atoms with E-state index in [0.29, 0.717) is 39.2 Å². The maximum absolute atomic E-state index is 11.9. The third kappa shape index (κ3) is 3.80. The van der Waals surface area contributed by atoms with Crippen molar-refractivity contribution in [1.29, 1.82) is 0 Å². The van der Waals surface area contributed by atoms with Crippen molar-refractivity contribution in [3.05, 3.63) is 57.4 Å². The van der Waals surface area contributed by atoms with Crippen LogP contribution < -0.4 is 25.3 Å². The average molecular weight is 523 g/mol. The molecule has 2 unspecified atom stereocenters. The predicted molar refractivity (Wildman–Crippen MR) is 133 cm³/mol. The Morgan fingerprint density at radius 3 is 2.63 bits per heavy atom. The summed E-state index contributed by atoms with van der Waals surface area (Å²) in [5.74, 6) is -0.644. The van der Waals surface area contributed by atoms with Crippen LogP contribution in [0.4, 0.5) is 17.1 Å². The molecule has 0 aliphatic carbocycles. The summed E-state index contributed by atoms with van der Waals surface area (Å²) in [6.07, 6.45) is 1.64. The van der Waals surface area contributed by atoms with E-state index in [1.54, 1.807) is 18.3 Å². The van der Waals surface area contributed by atoms with Gasteiger partial charge < -0.3 is 19.8 Å². The van der Waals surface area contributed by atoms with Crippen LogP contribution in [0.1, 0.15) is 23.6 Å². The van der Waals surface area contributed by atoms with Crippen LogP contribution in [-0.2, 0) is 13.9 Å². The molecule has 2 bridgehead atoms. The Morgan fingerprint density at radius 1 is 1.23 bits per heavy atom. The van der Waals surface area contributed by atoms with E-state index in [-0.39, 0.29) is 6.73 Å². The van der Waals surface area contributed by atoms with Crippen molar-refractivity contribution in [2.24, 2.45) is 4.99 Å². The van der Waals surface area contributed by atoms with Gasteiger partial charge in [0.05, 0.1) is 10.7 Å². The number of hydrogen-bond donors (Lipinski definition) is 5. The van der Waals surface area contributed by atoms with Gasteiger partial charge in [-0.2, -0.15) is 9.83 Å². The van der Waals surface area contributed by atoms with Crippen molar-refractivity contribution >= 4 is 42.7 Å². The molecule has 186 valence electrons. The van der Waals surface area contributed by atoms with Crippen LogP contribution in [0.2, 0.25) is 5.02 Å². The van der Waals surface area contributed by atoms with E-state index in [1.807, 2.05) is 39.8 Å². The minimum absolute atomic E-state index is 0.247. The molecule has 5 N–H and O–H groups in total. The Morgan fingerprint density at radius 2 is 1.94 bits per heavy atom. The normalized spacial score (nSPS) is 24.7. The Bertz CT molecular complexity index is 1320. The summed E-state index contributed by atoms with van der Waals surface area (Å²) in [4.78, 5) is 30.0. The summed E-state index contributed by atoms with van der Waals surface area (Å²) < 4.78 is 22.2. The first-order valence-corrected chi connectivity index (χ1v) is 12.7. The minimum atomic E-state index is -4.88. The van der Waals surface area contributed by atoms with Crippen molar-refractivity contribution in [2.75, 3.05) is 24.1 Å². The number of anilines is 2. The smallest absolute Gasteiger partial charge is 0.470 e. The quantitative estimate of drug-likeness (QED) is 0.282. The first-order valence-electron chi connectivity index (χ1n) is 10.8. The van der Waals surface area contributed by atoms with Gasteiger partial charge >= 0.3 is 13.8 Å². The van der Waals surface area contributed by atoms with Gasteiger partial charge in [-0.05, 0) is 56.5 Å². The van der Waals surface area contributed by atoms with Gasteiger partial charge in [0, 0.05) is 29.6 Å². The number of ether oxygens (including phenoxy) is 1. The van der Waals surface area contributed by atoms with Crippen molar-refractivity contribution in [3.8, 4) is 5.75 Å². The van der Waals surface area contributed by atoms with E-state index in [9.17, 15) is 14.4 Å². The van der Waals surface area contributed by atoms with Gasteiger partial charge in [-0.15, -0.1) is 4.48 Å². The number of phosphoric acid groups is 1. The molecule has 3 aliphatic heterocycles. The van der Waals surface area contributed by atoms with Gasteiger partial charge in [0.1, 0.15) is 0 Å². The van der Waals surface area contributed by atoms with E-state index in [4.69, 9.17) is 30.7 Å². The molecule has 0 aromatic heterocycles. The highest BCUT2D eigenvalue weighted by Gasteiger charge is 2.67. The zero-order valence-electron chi connectivity index (χ0n) is 19.5. The largest absolute Gasteiger partial charge is 0.474 e. The number of nitrogens with zero attached hydrogens (tertiary/aromatic N) is 2. The number of aliphatic imine (C=N–C) groups is 1. The number of aryl methyl sites for hydroxylation is 2. The van der Waals surface area contributed by atoms with Crippen LogP contribution in [0.3, 0.4) is 0 Å². The van der Waals surface area contributed by atoms with Gasteiger partial charge in [-0.1, -0.05) is 11.6 Å². The number of allylic oxidation sites excluding steroid dienone is 1. The Kier molecular flexibility index (Phi) is 5.65. The molecule has 2 aromatic rings.